The first-order chi connectivity index (χ1) is 11.6. The third-order valence-corrected chi connectivity index (χ3v) is 5.11. The fraction of sp³-hybridized carbons (Fsp3) is 0.700. The van der Waals surface area contributed by atoms with E-state index in [0.717, 1.165) is 45.9 Å². The van der Waals surface area contributed by atoms with Crippen LogP contribution in [-0.2, 0) is 11.3 Å². The Bertz CT molecular complexity index is 493. The van der Waals surface area contributed by atoms with Gasteiger partial charge < -0.3 is 9.84 Å². The minimum absolute atomic E-state index is 0.279. The van der Waals surface area contributed by atoms with E-state index < -0.39 is 0 Å². The summed E-state index contributed by atoms with van der Waals surface area (Å²) in [5.41, 5.74) is 2.74. The first-order valence-electron chi connectivity index (χ1n) is 9.43. The van der Waals surface area contributed by atoms with Gasteiger partial charge in [-0.05, 0) is 29.9 Å². The van der Waals surface area contributed by atoms with Gasteiger partial charge in [0.1, 0.15) is 0 Å². The Morgan fingerprint density at radius 2 is 1.83 bits per heavy atom. The van der Waals surface area contributed by atoms with Gasteiger partial charge in [0.05, 0.1) is 19.3 Å². The van der Waals surface area contributed by atoms with Crippen LogP contribution in [0.15, 0.2) is 24.3 Å². The molecule has 134 valence electrons. The van der Waals surface area contributed by atoms with Crippen molar-refractivity contribution in [1.29, 1.82) is 0 Å². The zero-order valence-corrected chi connectivity index (χ0v) is 15.2. The highest BCUT2D eigenvalue weighted by Crippen LogP contribution is 2.29. The summed E-state index contributed by atoms with van der Waals surface area (Å²) >= 11 is 0. The molecule has 1 saturated heterocycles. The molecule has 1 aliphatic carbocycles. The van der Waals surface area contributed by atoms with Crippen molar-refractivity contribution in [2.75, 3.05) is 39.4 Å². The Hall–Kier alpha value is -0.940. The van der Waals surface area contributed by atoms with Crippen molar-refractivity contribution >= 4 is 0 Å². The highest BCUT2D eigenvalue weighted by atomic mass is 16.5. The molecule has 3 rings (SSSR count). The second kappa shape index (κ2) is 8.43. The predicted octanol–water partition coefficient (Wildman–Crippen LogP) is 2.47. The van der Waals surface area contributed by atoms with Gasteiger partial charge in [0.25, 0.3) is 0 Å². The van der Waals surface area contributed by atoms with E-state index in [1.165, 1.54) is 24.0 Å². The SMILES string of the molecule is CC(C)c1ccc(CN(CC(O)CN2CCOCC2)C2CC2)cc1. The third kappa shape index (κ3) is 5.28. The van der Waals surface area contributed by atoms with Gasteiger partial charge in [-0.1, -0.05) is 38.1 Å². The highest BCUT2D eigenvalue weighted by Gasteiger charge is 2.30. The van der Waals surface area contributed by atoms with Crippen LogP contribution in [0, 0.1) is 0 Å². The van der Waals surface area contributed by atoms with Crippen molar-refractivity contribution in [3.8, 4) is 0 Å². The van der Waals surface area contributed by atoms with Crippen molar-refractivity contribution in [1.82, 2.24) is 9.80 Å². The number of nitrogens with zero attached hydrogens (tertiary/aromatic N) is 2. The number of benzene rings is 1. The van der Waals surface area contributed by atoms with E-state index >= 15 is 0 Å². The lowest BCUT2D eigenvalue weighted by Crippen LogP contribution is -2.45. The summed E-state index contributed by atoms with van der Waals surface area (Å²) in [7, 11) is 0. The van der Waals surface area contributed by atoms with Crippen molar-refractivity contribution < 1.29 is 9.84 Å². The molecule has 1 heterocycles. The van der Waals surface area contributed by atoms with Gasteiger partial charge in [0, 0.05) is 38.8 Å². The van der Waals surface area contributed by atoms with E-state index in [1.54, 1.807) is 0 Å². The van der Waals surface area contributed by atoms with Crippen molar-refractivity contribution in [3.63, 3.8) is 0 Å². The second-order valence-corrected chi connectivity index (χ2v) is 7.62. The molecule has 0 radical (unpaired) electrons. The molecule has 1 unspecified atom stereocenters. The normalized spacial score (nSPS) is 20.7. The first-order valence-corrected chi connectivity index (χ1v) is 9.43. The largest absolute Gasteiger partial charge is 0.390 e. The third-order valence-electron chi connectivity index (χ3n) is 5.11. The van der Waals surface area contributed by atoms with E-state index in [2.05, 4.69) is 47.9 Å². The number of hydrogen-bond donors (Lipinski definition) is 1. The van der Waals surface area contributed by atoms with E-state index in [-0.39, 0.29) is 6.10 Å². The average Bonchev–Trinajstić information content (AvgIpc) is 3.40. The van der Waals surface area contributed by atoms with Gasteiger partial charge in [0.15, 0.2) is 0 Å². The molecule has 2 aliphatic rings. The number of ether oxygens (including phenoxy) is 1. The van der Waals surface area contributed by atoms with Gasteiger partial charge in [-0.3, -0.25) is 9.80 Å². The number of aliphatic hydroxyl groups excluding tert-OH is 1. The molecule has 1 aromatic rings. The van der Waals surface area contributed by atoms with Crippen LogP contribution in [0.3, 0.4) is 0 Å². The number of aliphatic hydroxyl groups is 1. The van der Waals surface area contributed by atoms with Crippen molar-refractivity contribution in [3.05, 3.63) is 35.4 Å². The maximum Gasteiger partial charge on any atom is 0.0794 e. The van der Waals surface area contributed by atoms with Crippen molar-refractivity contribution in [2.24, 2.45) is 0 Å². The number of β-amino-alcohol motifs (C(OH)–C–C–N with tert-alkyl or cyclic N) is 1. The van der Waals surface area contributed by atoms with Crippen LogP contribution in [0.25, 0.3) is 0 Å². The van der Waals surface area contributed by atoms with Crippen LogP contribution in [0.5, 0.6) is 0 Å². The van der Waals surface area contributed by atoms with E-state index in [9.17, 15) is 5.11 Å². The molecule has 4 heteroatoms. The van der Waals surface area contributed by atoms with Gasteiger partial charge >= 0.3 is 0 Å². The zero-order valence-electron chi connectivity index (χ0n) is 15.2. The molecular weight excluding hydrogens is 300 g/mol. The molecule has 0 bridgehead atoms. The quantitative estimate of drug-likeness (QED) is 0.793. The van der Waals surface area contributed by atoms with Crippen LogP contribution in [0.2, 0.25) is 0 Å². The summed E-state index contributed by atoms with van der Waals surface area (Å²) in [5.74, 6) is 0.578. The number of morpholine rings is 1. The Balaban J connectivity index is 1.52. The predicted molar refractivity (Wildman–Crippen MR) is 97.2 cm³/mol. The highest BCUT2D eigenvalue weighted by molar-refractivity contribution is 5.24. The minimum atomic E-state index is -0.279. The molecule has 0 amide bonds. The molecule has 0 aromatic heterocycles. The topological polar surface area (TPSA) is 35.9 Å². The minimum Gasteiger partial charge on any atom is -0.390 e. The molecule has 2 fully saturated rings. The van der Waals surface area contributed by atoms with Gasteiger partial charge in [0.2, 0.25) is 0 Å². The van der Waals surface area contributed by atoms with Gasteiger partial charge in [-0.2, -0.15) is 0 Å². The summed E-state index contributed by atoms with van der Waals surface area (Å²) < 4.78 is 5.38. The Morgan fingerprint density at radius 3 is 2.42 bits per heavy atom. The summed E-state index contributed by atoms with van der Waals surface area (Å²) in [6, 6.07) is 9.65. The molecule has 1 aliphatic heterocycles. The molecule has 4 nitrogen and oxygen atoms in total. The number of hydrogen-bond acceptors (Lipinski definition) is 4. The standard InChI is InChI=1S/C20H32N2O2/c1-16(2)18-5-3-17(4-6-18)13-22(19-7-8-19)15-20(23)14-21-9-11-24-12-10-21/h3-6,16,19-20,23H,7-15H2,1-2H3. The van der Waals surface area contributed by atoms with Gasteiger partial charge in [-0.15, -0.1) is 0 Å². The molecule has 0 spiro atoms. The Morgan fingerprint density at radius 1 is 1.17 bits per heavy atom. The van der Waals surface area contributed by atoms with Crippen molar-refractivity contribution in [2.45, 2.75) is 51.3 Å². The maximum absolute atomic E-state index is 10.5. The van der Waals surface area contributed by atoms with Crippen LogP contribution < -0.4 is 0 Å². The van der Waals surface area contributed by atoms with E-state index in [0.29, 0.717) is 12.0 Å². The summed E-state index contributed by atoms with van der Waals surface area (Å²) in [4.78, 5) is 4.78. The monoisotopic (exact) mass is 332 g/mol. The second-order valence-electron chi connectivity index (χ2n) is 7.62. The molecule has 1 N–H and O–H groups in total. The molecule has 1 saturated carbocycles. The van der Waals surface area contributed by atoms with Crippen LogP contribution in [0.4, 0.5) is 0 Å². The Kier molecular flexibility index (Phi) is 6.28. The van der Waals surface area contributed by atoms with E-state index in [4.69, 9.17) is 4.74 Å². The number of rotatable bonds is 8. The lowest BCUT2D eigenvalue weighted by molar-refractivity contribution is 0.00551. The molecule has 1 atom stereocenters. The molecular formula is C20H32N2O2. The molecule has 24 heavy (non-hydrogen) atoms. The molecule has 1 aromatic carbocycles. The lowest BCUT2D eigenvalue weighted by atomic mass is 10.0. The summed E-state index contributed by atoms with van der Waals surface area (Å²) in [6.45, 7) is 10.4. The summed E-state index contributed by atoms with van der Waals surface area (Å²) in [6.07, 6.45) is 2.27. The maximum atomic E-state index is 10.5. The Labute approximate surface area is 146 Å². The van der Waals surface area contributed by atoms with Crippen LogP contribution >= 0.6 is 0 Å². The zero-order chi connectivity index (χ0) is 16.9. The van der Waals surface area contributed by atoms with Gasteiger partial charge in [-0.25, -0.2) is 0 Å². The first kappa shape index (κ1) is 17.9. The average molecular weight is 332 g/mol. The summed E-state index contributed by atoms with van der Waals surface area (Å²) in [5, 5.41) is 10.5. The fourth-order valence-electron chi connectivity index (χ4n) is 3.44. The van der Waals surface area contributed by atoms with Crippen LogP contribution in [-0.4, -0.2) is 66.4 Å². The fourth-order valence-corrected chi connectivity index (χ4v) is 3.44. The lowest BCUT2D eigenvalue weighted by Gasteiger charge is -2.31. The van der Waals surface area contributed by atoms with E-state index in [1.807, 2.05) is 0 Å². The smallest absolute Gasteiger partial charge is 0.0794 e. The van der Waals surface area contributed by atoms with Crippen LogP contribution in [0.1, 0.15) is 43.7 Å².